The molecule has 3 N–H and O–H groups in total. The lowest BCUT2D eigenvalue weighted by Crippen LogP contribution is -2.47. The highest BCUT2D eigenvalue weighted by atomic mass is 16.2. The molecular weight excluding hydrogens is 278 g/mol. The highest BCUT2D eigenvalue weighted by Crippen LogP contribution is 2.13. The minimum Gasteiger partial charge on any atom is -0.338 e. The van der Waals surface area contributed by atoms with E-state index in [1.165, 1.54) is 0 Å². The lowest BCUT2D eigenvalue weighted by Gasteiger charge is -2.20. The summed E-state index contributed by atoms with van der Waals surface area (Å²) in [6.45, 7) is 8.19. The topological polar surface area (TPSA) is 74.0 Å². The molecule has 5 heteroatoms. The van der Waals surface area contributed by atoms with Crippen LogP contribution in [0.3, 0.4) is 0 Å². The number of fused-ring (bicyclic) bond motifs is 1. The van der Waals surface area contributed by atoms with Crippen LogP contribution < -0.4 is 16.2 Å². The van der Waals surface area contributed by atoms with Crippen molar-refractivity contribution in [2.24, 2.45) is 0 Å². The summed E-state index contributed by atoms with van der Waals surface area (Å²) in [5.41, 5.74) is 2.27. The van der Waals surface area contributed by atoms with Crippen LogP contribution in [0.5, 0.6) is 0 Å². The van der Waals surface area contributed by atoms with Gasteiger partial charge in [-0.1, -0.05) is 11.6 Å². The first-order valence-electron chi connectivity index (χ1n) is 7.43. The minimum atomic E-state index is -0.276. The van der Waals surface area contributed by atoms with Crippen molar-refractivity contribution in [3.8, 4) is 0 Å². The van der Waals surface area contributed by atoms with Crippen LogP contribution in [0, 0.1) is 6.92 Å². The first-order chi connectivity index (χ1) is 10.2. The van der Waals surface area contributed by atoms with Crippen LogP contribution >= 0.6 is 0 Å². The van der Waals surface area contributed by atoms with E-state index in [1.54, 1.807) is 0 Å². The summed E-state index contributed by atoms with van der Waals surface area (Å²) >= 11 is 0. The maximum atomic E-state index is 12.0. The predicted molar refractivity (Wildman–Crippen MR) is 89.3 cm³/mol. The minimum absolute atomic E-state index is 0.102. The lowest BCUT2D eigenvalue weighted by molar-refractivity contribution is 0.232. The smallest absolute Gasteiger partial charge is 0.315 e. The highest BCUT2D eigenvalue weighted by molar-refractivity contribution is 5.79. The van der Waals surface area contributed by atoms with Gasteiger partial charge in [0.05, 0.1) is 0 Å². The third-order valence-electron chi connectivity index (χ3n) is 3.25. The Labute approximate surface area is 130 Å². The normalized spacial score (nSPS) is 11.5. The zero-order valence-corrected chi connectivity index (χ0v) is 13.5. The Hall–Kier alpha value is -2.30. The van der Waals surface area contributed by atoms with E-state index in [1.807, 2.05) is 52.0 Å². The molecule has 0 saturated heterocycles. The Morgan fingerprint density at radius 1 is 1.23 bits per heavy atom. The molecule has 0 radical (unpaired) electrons. The molecule has 0 fully saturated rings. The zero-order chi connectivity index (χ0) is 16.3. The van der Waals surface area contributed by atoms with E-state index < -0.39 is 0 Å². The van der Waals surface area contributed by atoms with E-state index in [4.69, 9.17) is 0 Å². The summed E-state index contributed by atoms with van der Waals surface area (Å²) in [5, 5.41) is 6.60. The van der Waals surface area contributed by atoms with Gasteiger partial charge in [0.2, 0.25) is 0 Å². The molecular formula is C17H23N3O2. The number of aryl methyl sites for hydroxylation is 1. The van der Waals surface area contributed by atoms with Gasteiger partial charge in [-0.15, -0.1) is 0 Å². The number of carbonyl (C=O) groups is 1. The number of H-pyrrole nitrogens is 1. The van der Waals surface area contributed by atoms with E-state index in [2.05, 4.69) is 15.6 Å². The van der Waals surface area contributed by atoms with Crippen LogP contribution in [0.4, 0.5) is 4.79 Å². The third-order valence-corrected chi connectivity index (χ3v) is 3.25. The van der Waals surface area contributed by atoms with Crippen LogP contribution in [-0.4, -0.2) is 23.1 Å². The number of urea groups is 1. The zero-order valence-electron chi connectivity index (χ0n) is 13.5. The first kappa shape index (κ1) is 16.1. The largest absolute Gasteiger partial charge is 0.338 e. The Morgan fingerprint density at radius 2 is 1.95 bits per heavy atom. The number of carbonyl (C=O) groups excluding carboxylic acids is 1. The van der Waals surface area contributed by atoms with Gasteiger partial charge >= 0.3 is 6.03 Å². The van der Waals surface area contributed by atoms with Gasteiger partial charge in [-0.3, -0.25) is 4.79 Å². The molecule has 1 aromatic heterocycles. The van der Waals surface area contributed by atoms with Crippen molar-refractivity contribution in [1.82, 2.24) is 15.6 Å². The van der Waals surface area contributed by atoms with Gasteiger partial charge in [0, 0.05) is 23.2 Å². The summed E-state index contributed by atoms with van der Waals surface area (Å²) in [6.07, 6.45) is 0.497. The number of hydrogen-bond acceptors (Lipinski definition) is 2. The summed E-state index contributed by atoms with van der Waals surface area (Å²) in [4.78, 5) is 26.6. The van der Waals surface area contributed by atoms with Gasteiger partial charge in [0.25, 0.3) is 5.56 Å². The van der Waals surface area contributed by atoms with Crippen molar-refractivity contribution in [3.05, 3.63) is 45.7 Å². The van der Waals surface area contributed by atoms with E-state index in [0.717, 1.165) is 16.5 Å². The summed E-state index contributed by atoms with van der Waals surface area (Å²) < 4.78 is 0. The predicted octanol–water partition coefficient (Wildman–Crippen LogP) is 2.48. The number of benzene rings is 1. The molecule has 2 amide bonds. The van der Waals surface area contributed by atoms with E-state index >= 15 is 0 Å². The van der Waals surface area contributed by atoms with Crippen molar-refractivity contribution < 1.29 is 4.79 Å². The van der Waals surface area contributed by atoms with Crippen molar-refractivity contribution in [2.45, 2.75) is 39.7 Å². The Morgan fingerprint density at radius 3 is 2.64 bits per heavy atom. The Kier molecular flexibility index (Phi) is 4.54. The molecule has 22 heavy (non-hydrogen) atoms. The number of aromatic amines is 1. The number of pyridine rings is 1. The van der Waals surface area contributed by atoms with Gasteiger partial charge in [-0.25, -0.2) is 4.79 Å². The monoisotopic (exact) mass is 301 g/mol. The fourth-order valence-corrected chi connectivity index (χ4v) is 2.25. The quantitative estimate of drug-likeness (QED) is 0.815. The average Bonchev–Trinajstić information content (AvgIpc) is 2.37. The molecule has 1 heterocycles. The van der Waals surface area contributed by atoms with E-state index in [-0.39, 0.29) is 17.1 Å². The molecule has 0 bridgehead atoms. The second-order valence-corrected chi connectivity index (χ2v) is 6.60. The highest BCUT2D eigenvalue weighted by Gasteiger charge is 2.13. The SMILES string of the molecule is Cc1ccc2[nH]c(=O)c(CCNC(=O)NC(C)(C)C)cc2c1. The van der Waals surface area contributed by atoms with Gasteiger partial charge in [-0.2, -0.15) is 0 Å². The molecule has 0 saturated carbocycles. The van der Waals surface area contributed by atoms with Crippen LogP contribution in [0.1, 0.15) is 31.9 Å². The standard InChI is InChI=1S/C17H23N3O2/c1-11-5-6-14-13(9-11)10-12(15(21)19-14)7-8-18-16(22)20-17(2,3)4/h5-6,9-10H,7-8H2,1-4H3,(H,19,21)(H2,18,20,22). The second kappa shape index (κ2) is 6.22. The number of nitrogens with one attached hydrogen (secondary N) is 3. The number of rotatable bonds is 3. The van der Waals surface area contributed by atoms with Gasteiger partial charge < -0.3 is 15.6 Å². The fraction of sp³-hybridized carbons (Fsp3) is 0.412. The third kappa shape index (κ3) is 4.35. The maximum Gasteiger partial charge on any atom is 0.315 e. The van der Waals surface area contributed by atoms with E-state index in [0.29, 0.717) is 18.5 Å². The molecule has 0 unspecified atom stereocenters. The lowest BCUT2D eigenvalue weighted by atomic mass is 10.1. The molecule has 2 rings (SSSR count). The van der Waals surface area contributed by atoms with Crippen LogP contribution in [-0.2, 0) is 6.42 Å². The average molecular weight is 301 g/mol. The van der Waals surface area contributed by atoms with Crippen molar-refractivity contribution in [2.75, 3.05) is 6.54 Å². The number of amides is 2. The molecule has 0 spiro atoms. The molecule has 0 aliphatic heterocycles. The van der Waals surface area contributed by atoms with Gasteiger partial charge in [-0.05, 0) is 57.7 Å². The molecule has 118 valence electrons. The fourth-order valence-electron chi connectivity index (χ4n) is 2.25. The summed E-state index contributed by atoms with van der Waals surface area (Å²) in [7, 11) is 0. The maximum absolute atomic E-state index is 12.0. The summed E-state index contributed by atoms with van der Waals surface area (Å²) in [5.74, 6) is 0. The Bertz CT molecular complexity index is 742. The molecule has 2 aromatic rings. The van der Waals surface area contributed by atoms with Crippen LogP contribution in [0.15, 0.2) is 29.1 Å². The molecule has 0 aliphatic carbocycles. The van der Waals surface area contributed by atoms with Crippen molar-refractivity contribution >= 4 is 16.9 Å². The van der Waals surface area contributed by atoms with Crippen LogP contribution in [0.25, 0.3) is 10.9 Å². The Balaban J connectivity index is 2.04. The van der Waals surface area contributed by atoms with Gasteiger partial charge in [0.1, 0.15) is 0 Å². The molecule has 0 atom stereocenters. The van der Waals surface area contributed by atoms with E-state index in [9.17, 15) is 9.59 Å². The molecule has 1 aromatic carbocycles. The van der Waals surface area contributed by atoms with Crippen LogP contribution in [0.2, 0.25) is 0 Å². The van der Waals surface area contributed by atoms with Gasteiger partial charge in [0.15, 0.2) is 0 Å². The number of hydrogen-bond donors (Lipinski definition) is 3. The molecule has 0 aliphatic rings. The molecule has 5 nitrogen and oxygen atoms in total. The summed E-state index contributed by atoms with van der Waals surface area (Å²) in [6, 6.07) is 7.58. The van der Waals surface area contributed by atoms with Crippen molar-refractivity contribution in [3.63, 3.8) is 0 Å². The van der Waals surface area contributed by atoms with Crippen molar-refractivity contribution in [1.29, 1.82) is 0 Å². The number of aromatic nitrogens is 1. The second-order valence-electron chi connectivity index (χ2n) is 6.60. The first-order valence-corrected chi connectivity index (χ1v) is 7.43.